The predicted molar refractivity (Wildman–Crippen MR) is 94.5 cm³/mol. The molecular weight excluding hydrogens is 370 g/mol. The summed E-state index contributed by atoms with van der Waals surface area (Å²) in [5.41, 5.74) is -0.530. The van der Waals surface area contributed by atoms with Crippen LogP contribution in [-0.4, -0.2) is 38.7 Å². The molecule has 1 N–H and O–H groups in total. The van der Waals surface area contributed by atoms with Gasteiger partial charge in [-0.2, -0.15) is 0 Å². The minimum Gasteiger partial charge on any atom is -0.459 e. The summed E-state index contributed by atoms with van der Waals surface area (Å²) in [5, 5.41) is 3.71. The molecule has 0 aromatic carbocycles. The molecule has 0 aromatic rings. The number of nitrogens with one attached hydrogen (secondary N) is 1. The van der Waals surface area contributed by atoms with E-state index in [-0.39, 0.29) is 18.1 Å². The fourth-order valence-electron chi connectivity index (χ4n) is 2.86. The zero-order valence-corrected chi connectivity index (χ0v) is 16.9. The normalized spacial score (nSPS) is 21.9. The van der Waals surface area contributed by atoms with Gasteiger partial charge in [-0.1, -0.05) is 24.8 Å². The van der Waals surface area contributed by atoms with Gasteiger partial charge in [-0.05, 0) is 38.5 Å². The molecule has 1 aliphatic carbocycles. The average molecular weight is 400 g/mol. The van der Waals surface area contributed by atoms with Crippen LogP contribution < -0.4 is 4.72 Å². The van der Waals surface area contributed by atoms with Crippen molar-refractivity contribution in [1.29, 1.82) is 0 Å². The Morgan fingerprint density at radius 2 is 1.88 bits per heavy atom. The van der Waals surface area contributed by atoms with Gasteiger partial charge in [0.15, 0.2) is 0 Å². The van der Waals surface area contributed by atoms with Crippen molar-refractivity contribution in [2.75, 3.05) is 18.7 Å². The van der Waals surface area contributed by atoms with Gasteiger partial charge >= 0.3 is 5.97 Å². The lowest BCUT2D eigenvalue weighted by Crippen LogP contribution is -2.39. The van der Waals surface area contributed by atoms with Crippen LogP contribution in [0.5, 0.6) is 0 Å². The molecule has 0 atom stereocenters. The van der Waals surface area contributed by atoms with Gasteiger partial charge in [0.2, 0.25) is 10.0 Å². The van der Waals surface area contributed by atoms with Gasteiger partial charge in [0.25, 0.3) is 0 Å². The molecule has 0 aromatic heterocycles. The second kappa shape index (κ2) is 10.7. The number of carbonyl (C=O) groups excluding carboxylic acids is 1. The maximum atomic E-state index is 12.0. The summed E-state index contributed by atoms with van der Waals surface area (Å²) in [7, 11) is -2.35. The number of hydrogen-bond acceptors (Lipinski definition) is 8. The highest BCUT2D eigenvalue weighted by molar-refractivity contribution is 8.09. The van der Waals surface area contributed by atoms with Gasteiger partial charge in [0.05, 0.1) is 25.6 Å². The molecular formula is C15H29NO7S2. The van der Waals surface area contributed by atoms with Gasteiger partial charge in [-0.3, -0.25) is 4.79 Å². The smallest absolute Gasteiger partial charge is 0.307 e. The third-order valence-electron chi connectivity index (χ3n) is 4.37. The van der Waals surface area contributed by atoms with Gasteiger partial charge in [-0.15, -0.1) is 4.33 Å². The minimum atomic E-state index is -3.58. The number of rotatable bonds is 11. The van der Waals surface area contributed by atoms with E-state index in [1.54, 1.807) is 0 Å². The lowest BCUT2D eigenvalue weighted by atomic mass is 9.75. The maximum Gasteiger partial charge on any atom is 0.307 e. The van der Waals surface area contributed by atoms with Crippen LogP contribution in [-0.2, 0) is 33.8 Å². The Labute approximate surface area is 154 Å². The highest BCUT2D eigenvalue weighted by Gasteiger charge is 2.35. The molecule has 1 saturated carbocycles. The van der Waals surface area contributed by atoms with Crippen LogP contribution in [0.4, 0.5) is 0 Å². The molecule has 148 valence electrons. The fourth-order valence-corrected chi connectivity index (χ4v) is 4.37. The third-order valence-corrected chi connectivity index (χ3v) is 6.80. The van der Waals surface area contributed by atoms with Crippen molar-refractivity contribution in [2.24, 2.45) is 11.8 Å². The summed E-state index contributed by atoms with van der Waals surface area (Å²) in [6.45, 7) is 6.08. The van der Waals surface area contributed by atoms with Crippen LogP contribution in [0.25, 0.3) is 0 Å². The number of ether oxygens (including phenoxy) is 1. The molecule has 0 spiro atoms. The summed E-state index contributed by atoms with van der Waals surface area (Å²) in [6.07, 6.45) is 4.38. The molecule has 0 bridgehead atoms. The highest BCUT2D eigenvalue weighted by Crippen LogP contribution is 2.37. The van der Waals surface area contributed by atoms with Crippen molar-refractivity contribution in [3.05, 3.63) is 0 Å². The van der Waals surface area contributed by atoms with E-state index in [0.29, 0.717) is 18.0 Å². The Morgan fingerprint density at radius 1 is 1.24 bits per heavy atom. The lowest BCUT2D eigenvalue weighted by molar-refractivity contribution is -0.447. The summed E-state index contributed by atoms with van der Waals surface area (Å²) in [4.78, 5) is 16.2. The first-order chi connectivity index (χ1) is 11.7. The average Bonchev–Trinajstić information content (AvgIpc) is 2.51. The topological polar surface area (TPSA) is 100 Å². The van der Waals surface area contributed by atoms with Gasteiger partial charge in [0, 0.05) is 6.54 Å². The Bertz CT molecular complexity index is 502. The predicted octanol–water partition coefficient (Wildman–Crippen LogP) is 2.56. The molecule has 0 heterocycles. The molecule has 0 radical (unpaired) electrons. The van der Waals surface area contributed by atoms with Crippen LogP contribution in [0.3, 0.4) is 0 Å². The van der Waals surface area contributed by atoms with Crippen LogP contribution in [0.15, 0.2) is 0 Å². The van der Waals surface area contributed by atoms with Crippen molar-refractivity contribution < 1.29 is 32.2 Å². The summed E-state index contributed by atoms with van der Waals surface area (Å²) in [6, 6.07) is 0. The fraction of sp³-hybridized carbons (Fsp3) is 0.933. The van der Waals surface area contributed by atoms with Crippen molar-refractivity contribution in [3.8, 4) is 0 Å². The quantitative estimate of drug-likeness (QED) is 0.186. The highest BCUT2D eigenvalue weighted by atomic mass is 32.3. The largest absolute Gasteiger partial charge is 0.459 e. The van der Waals surface area contributed by atoms with Crippen LogP contribution in [0.1, 0.15) is 52.9 Å². The van der Waals surface area contributed by atoms with Gasteiger partial charge in [0.1, 0.15) is 10.7 Å². The number of carbonyl (C=O) groups is 1. The third kappa shape index (κ3) is 9.20. The Hall–Kier alpha value is -0.390. The molecule has 0 saturated heterocycles. The summed E-state index contributed by atoms with van der Waals surface area (Å²) in [5.74, 6) is 0.671. The van der Waals surface area contributed by atoms with E-state index >= 15 is 0 Å². The second-order valence-electron chi connectivity index (χ2n) is 6.83. The standard InChI is InChI=1S/C15H29NO7S2/c1-12-5-7-13(8-6-12)15(2,3)21-14(17)9-10-16-25(18,19)11-24-23-22-20-4/h12-13,16H,5-11H2,1-4H3. The van der Waals surface area contributed by atoms with E-state index in [1.807, 2.05) is 13.8 Å². The lowest BCUT2D eigenvalue weighted by Gasteiger charge is -2.38. The molecule has 0 unspecified atom stereocenters. The summed E-state index contributed by atoms with van der Waals surface area (Å²) < 4.78 is 35.6. The van der Waals surface area contributed by atoms with Crippen LogP contribution in [0, 0.1) is 11.8 Å². The summed E-state index contributed by atoms with van der Waals surface area (Å²) >= 11 is 0.559. The number of hydrogen-bond donors (Lipinski definition) is 1. The number of sulfonamides is 1. The molecule has 1 rings (SSSR count). The number of esters is 1. The minimum absolute atomic E-state index is 0.0219. The van der Waals surface area contributed by atoms with Gasteiger partial charge < -0.3 is 4.74 Å². The van der Waals surface area contributed by atoms with E-state index in [0.717, 1.165) is 31.6 Å². The van der Waals surface area contributed by atoms with Crippen molar-refractivity contribution in [2.45, 2.75) is 58.5 Å². The molecule has 1 fully saturated rings. The van der Waals surface area contributed by atoms with Crippen LogP contribution >= 0.6 is 12.0 Å². The first kappa shape index (κ1) is 22.7. The SMILES string of the molecule is COOOSCS(=O)(=O)NCCC(=O)OC(C)(C)C1CCC(C)CC1. The van der Waals surface area contributed by atoms with E-state index < -0.39 is 21.6 Å². The van der Waals surface area contributed by atoms with E-state index in [1.165, 1.54) is 7.11 Å². The molecule has 0 amide bonds. The zero-order chi connectivity index (χ0) is 18.9. The molecule has 10 heteroatoms. The second-order valence-corrected chi connectivity index (χ2v) is 9.66. The molecule has 0 aliphatic heterocycles. The molecule has 8 nitrogen and oxygen atoms in total. The van der Waals surface area contributed by atoms with Gasteiger partial charge in [-0.25, -0.2) is 18.0 Å². The van der Waals surface area contributed by atoms with Crippen LogP contribution in [0.2, 0.25) is 0 Å². The van der Waals surface area contributed by atoms with E-state index in [9.17, 15) is 13.2 Å². The van der Waals surface area contributed by atoms with Crippen molar-refractivity contribution in [3.63, 3.8) is 0 Å². The van der Waals surface area contributed by atoms with Crippen molar-refractivity contribution in [1.82, 2.24) is 4.72 Å². The molecule has 1 aliphatic rings. The van der Waals surface area contributed by atoms with Crippen molar-refractivity contribution >= 4 is 28.0 Å². The first-order valence-corrected chi connectivity index (χ1v) is 10.9. The Kier molecular flexibility index (Phi) is 9.68. The molecule has 25 heavy (non-hydrogen) atoms. The first-order valence-electron chi connectivity index (χ1n) is 8.34. The van der Waals surface area contributed by atoms with E-state index in [4.69, 9.17) is 4.74 Å². The monoisotopic (exact) mass is 399 g/mol. The van der Waals surface area contributed by atoms with E-state index in [2.05, 4.69) is 25.9 Å². The zero-order valence-electron chi connectivity index (χ0n) is 15.3. The Balaban J connectivity index is 2.29. The Morgan fingerprint density at radius 3 is 2.48 bits per heavy atom. The maximum absolute atomic E-state index is 12.0.